The standard InChI is InChI=1S/C10H9NO/c1-8-7-11(10(8)12)9-5-3-2-4-6-9/h2-6H,1,7H2. The Morgan fingerprint density at radius 2 is 1.92 bits per heavy atom. The molecule has 1 aliphatic rings. The van der Waals surface area contributed by atoms with Crippen molar-refractivity contribution >= 4 is 11.6 Å². The van der Waals surface area contributed by atoms with Crippen LogP contribution >= 0.6 is 0 Å². The van der Waals surface area contributed by atoms with E-state index in [-0.39, 0.29) is 5.91 Å². The molecule has 12 heavy (non-hydrogen) atoms. The maximum atomic E-state index is 11.2. The zero-order valence-corrected chi connectivity index (χ0v) is 6.66. The van der Waals surface area contributed by atoms with Crippen LogP contribution in [0.15, 0.2) is 42.5 Å². The van der Waals surface area contributed by atoms with Crippen LogP contribution in [-0.4, -0.2) is 12.5 Å². The van der Waals surface area contributed by atoms with Crippen molar-refractivity contribution in [3.05, 3.63) is 42.5 Å². The molecule has 2 heteroatoms. The van der Waals surface area contributed by atoms with Gasteiger partial charge in [0.25, 0.3) is 5.91 Å². The predicted octanol–water partition coefficient (Wildman–Crippen LogP) is 1.59. The van der Waals surface area contributed by atoms with Gasteiger partial charge in [-0.2, -0.15) is 0 Å². The smallest absolute Gasteiger partial charge is 0.255 e. The summed E-state index contributed by atoms with van der Waals surface area (Å²) in [6.07, 6.45) is 0. The summed E-state index contributed by atoms with van der Waals surface area (Å²) in [5.41, 5.74) is 1.65. The van der Waals surface area contributed by atoms with Gasteiger partial charge in [-0.3, -0.25) is 4.79 Å². The maximum Gasteiger partial charge on any atom is 0.255 e. The minimum atomic E-state index is 0.0428. The Hall–Kier alpha value is -1.57. The molecule has 1 aromatic rings. The minimum Gasteiger partial charge on any atom is -0.304 e. The molecule has 0 atom stereocenters. The number of β-lactam (4-membered cyclic amide) rings is 1. The van der Waals surface area contributed by atoms with Crippen LogP contribution in [0.1, 0.15) is 0 Å². The number of rotatable bonds is 1. The van der Waals surface area contributed by atoms with E-state index < -0.39 is 0 Å². The van der Waals surface area contributed by atoms with Gasteiger partial charge in [0.2, 0.25) is 0 Å². The molecule has 1 fully saturated rings. The second-order valence-electron chi connectivity index (χ2n) is 2.83. The SMILES string of the molecule is C=C1CN(c2ccccc2)C1=O. The average molecular weight is 159 g/mol. The normalized spacial score (nSPS) is 16.2. The molecule has 1 saturated heterocycles. The molecule has 0 unspecified atom stereocenters. The second-order valence-corrected chi connectivity index (χ2v) is 2.83. The van der Waals surface area contributed by atoms with Crippen molar-refractivity contribution in [3.8, 4) is 0 Å². The fourth-order valence-corrected chi connectivity index (χ4v) is 1.25. The monoisotopic (exact) mass is 159 g/mol. The number of carbonyl (C=O) groups is 1. The zero-order valence-electron chi connectivity index (χ0n) is 6.66. The molecule has 0 bridgehead atoms. The first-order valence-electron chi connectivity index (χ1n) is 3.84. The van der Waals surface area contributed by atoms with Crippen LogP contribution in [0.2, 0.25) is 0 Å². The van der Waals surface area contributed by atoms with Crippen LogP contribution in [-0.2, 0) is 4.79 Å². The van der Waals surface area contributed by atoms with Crippen LogP contribution < -0.4 is 4.90 Å². The van der Waals surface area contributed by atoms with Crippen molar-refractivity contribution in [1.29, 1.82) is 0 Å². The Kier molecular flexibility index (Phi) is 1.47. The summed E-state index contributed by atoms with van der Waals surface area (Å²) < 4.78 is 0. The number of hydrogen-bond donors (Lipinski definition) is 0. The largest absolute Gasteiger partial charge is 0.304 e. The van der Waals surface area contributed by atoms with Gasteiger partial charge in [0.15, 0.2) is 0 Å². The fraction of sp³-hybridized carbons (Fsp3) is 0.100. The van der Waals surface area contributed by atoms with Crippen molar-refractivity contribution in [3.63, 3.8) is 0 Å². The van der Waals surface area contributed by atoms with E-state index in [2.05, 4.69) is 6.58 Å². The van der Waals surface area contributed by atoms with E-state index in [0.29, 0.717) is 12.1 Å². The molecule has 0 N–H and O–H groups in total. The summed E-state index contributed by atoms with van der Waals surface area (Å²) >= 11 is 0. The summed E-state index contributed by atoms with van der Waals surface area (Å²) in [4.78, 5) is 12.9. The Bertz CT molecular complexity index is 329. The van der Waals surface area contributed by atoms with Crippen molar-refractivity contribution < 1.29 is 4.79 Å². The molecule has 2 rings (SSSR count). The van der Waals surface area contributed by atoms with E-state index in [1.807, 2.05) is 30.3 Å². The zero-order chi connectivity index (χ0) is 8.55. The molecule has 0 radical (unpaired) electrons. The quantitative estimate of drug-likeness (QED) is 0.450. The molecule has 0 saturated carbocycles. The van der Waals surface area contributed by atoms with E-state index in [1.165, 1.54) is 0 Å². The number of amides is 1. The first-order valence-corrected chi connectivity index (χ1v) is 3.84. The lowest BCUT2D eigenvalue weighted by atomic mass is 10.1. The number of hydrogen-bond acceptors (Lipinski definition) is 1. The van der Waals surface area contributed by atoms with Crippen LogP contribution in [0.4, 0.5) is 5.69 Å². The molecule has 1 aromatic carbocycles. The number of anilines is 1. The topological polar surface area (TPSA) is 20.3 Å². The summed E-state index contributed by atoms with van der Waals surface area (Å²) in [5, 5.41) is 0. The van der Waals surface area contributed by atoms with Gasteiger partial charge < -0.3 is 4.90 Å². The molecule has 1 heterocycles. The first-order chi connectivity index (χ1) is 5.79. The molecular formula is C10H9NO. The van der Waals surface area contributed by atoms with Gasteiger partial charge in [-0.05, 0) is 12.1 Å². The molecule has 2 nitrogen and oxygen atoms in total. The van der Waals surface area contributed by atoms with Gasteiger partial charge in [0.1, 0.15) is 0 Å². The fourth-order valence-electron chi connectivity index (χ4n) is 1.25. The van der Waals surface area contributed by atoms with Gasteiger partial charge in [-0.25, -0.2) is 0 Å². The van der Waals surface area contributed by atoms with Gasteiger partial charge in [0, 0.05) is 11.3 Å². The molecule has 1 amide bonds. The van der Waals surface area contributed by atoms with Crippen LogP contribution in [0.5, 0.6) is 0 Å². The third-order valence-corrected chi connectivity index (χ3v) is 1.96. The van der Waals surface area contributed by atoms with E-state index >= 15 is 0 Å². The summed E-state index contributed by atoms with van der Waals surface area (Å²) in [5.74, 6) is 0.0428. The van der Waals surface area contributed by atoms with Gasteiger partial charge in [-0.15, -0.1) is 0 Å². The van der Waals surface area contributed by atoms with Crippen LogP contribution in [0.25, 0.3) is 0 Å². The summed E-state index contributed by atoms with van der Waals surface area (Å²) in [6.45, 7) is 4.30. The summed E-state index contributed by atoms with van der Waals surface area (Å²) in [6, 6.07) is 9.62. The van der Waals surface area contributed by atoms with E-state index in [1.54, 1.807) is 4.90 Å². The Morgan fingerprint density at radius 1 is 1.25 bits per heavy atom. The van der Waals surface area contributed by atoms with Gasteiger partial charge in [-0.1, -0.05) is 24.8 Å². The summed E-state index contributed by atoms with van der Waals surface area (Å²) in [7, 11) is 0. The molecular weight excluding hydrogens is 150 g/mol. The predicted molar refractivity (Wildman–Crippen MR) is 47.9 cm³/mol. The van der Waals surface area contributed by atoms with Crippen LogP contribution in [0.3, 0.4) is 0 Å². The van der Waals surface area contributed by atoms with Crippen molar-refractivity contribution in [2.75, 3.05) is 11.4 Å². The highest BCUT2D eigenvalue weighted by Crippen LogP contribution is 2.23. The molecule has 0 aromatic heterocycles. The van der Waals surface area contributed by atoms with E-state index in [9.17, 15) is 4.79 Å². The number of benzene rings is 1. The lowest BCUT2D eigenvalue weighted by Gasteiger charge is -2.32. The first kappa shape index (κ1) is 7.10. The lowest BCUT2D eigenvalue weighted by Crippen LogP contribution is -2.45. The van der Waals surface area contributed by atoms with Gasteiger partial charge in [0.05, 0.1) is 6.54 Å². The van der Waals surface area contributed by atoms with E-state index in [4.69, 9.17) is 0 Å². The number of para-hydroxylation sites is 1. The lowest BCUT2D eigenvalue weighted by molar-refractivity contribution is -0.117. The molecule has 0 aliphatic carbocycles. The molecule has 1 aliphatic heterocycles. The minimum absolute atomic E-state index is 0.0428. The highest BCUT2D eigenvalue weighted by Gasteiger charge is 2.29. The number of nitrogens with zero attached hydrogens (tertiary/aromatic N) is 1. The van der Waals surface area contributed by atoms with Gasteiger partial charge >= 0.3 is 0 Å². The Labute approximate surface area is 71.1 Å². The van der Waals surface area contributed by atoms with Crippen molar-refractivity contribution in [1.82, 2.24) is 0 Å². The Morgan fingerprint density at radius 3 is 2.42 bits per heavy atom. The maximum absolute atomic E-state index is 11.2. The third-order valence-electron chi connectivity index (χ3n) is 1.96. The Balaban J connectivity index is 2.24. The highest BCUT2D eigenvalue weighted by atomic mass is 16.2. The molecule has 0 spiro atoms. The van der Waals surface area contributed by atoms with Crippen molar-refractivity contribution in [2.24, 2.45) is 0 Å². The van der Waals surface area contributed by atoms with Crippen LogP contribution in [0, 0.1) is 0 Å². The van der Waals surface area contributed by atoms with Crippen molar-refractivity contribution in [2.45, 2.75) is 0 Å². The number of carbonyl (C=O) groups excluding carboxylic acids is 1. The second kappa shape index (κ2) is 2.48. The highest BCUT2D eigenvalue weighted by molar-refractivity contribution is 6.13. The third kappa shape index (κ3) is 0.925. The molecule has 60 valence electrons. The van der Waals surface area contributed by atoms with E-state index in [0.717, 1.165) is 5.69 Å². The average Bonchev–Trinajstić information content (AvgIpc) is 2.15.